The van der Waals surface area contributed by atoms with Crippen LogP contribution in [0, 0.1) is 5.92 Å². The first-order valence-corrected chi connectivity index (χ1v) is 10.5. The number of nitrogens with zero attached hydrogens (tertiary/aromatic N) is 3. The number of likely N-dealkylation sites (tertiary alicyclic amines) is 1. The van der Waals surface area contributed by atoms with E-state index < -0.39 is 31.8 Å². The number of rotatable bonds is 4. The lowest BCUT2D eigenvalue weighted by molar-refractivity contribution is -0.0438. The third kappa shape index (κ3) is 4.47. The van der Waals surface area contributed by atoms with E-state index in [9.17, 15) is 26.4 Å². The number of morpholine rings is 1. The van der Waals surface area contributed by atoms with Gasteiger partial charge in [-0.05, 0) is 30.9 Å². The molecule has 2 fully saturated rings. The van der Waals surface area contributed by atoms with Gasteiger partial charge >= 0.3 is 5.51 Å². The van der Waals surface area contributed by atoms with Crippen molar-refractivity contribution >= 4 is 15.7 Å². The third-order valence-electron chi connectivity index (χ3n) is 5.08. The highest BCUT2D eigenvalue weighted by molar-refractivity contribution is 7.92. The van der Waals surface area contributed by atoms with Gasteiger partial charge in [-0.3, -0.25) is 9.69 Å². The lowest BCUT2D eigenvalue weighted by Gasteiger charge is -2.36. The predicted molar refractivity (Wildman–Crippen MR) is 93.4 cm³/mol. The molecule has 0 aromatic carbocycles. The Morgan fingerprint density at radius 1 is 1.18 bits per heavy atom. The van der Waals surface area contributed by atoms with Crippen LogP contribution < -0.4 is 0 Å². The van der Waals surface area contributed by atoms with Crippen molar-refractivity contribution in [2.75, 3.05) is 45.9 Å². The summed E-state index contributed by atoms with van der Waals surface area (Å²) in [7, 11) is -5.70. The molecule has 0 spiro atoms. The van der Waals surface area contributed by atoms with Crippen molar-refractivity contribution in [3.8, 4) is 0 Å². The highest BCUT2D eigenvalue weighted by Crippen LogP contribution is 2.31. The molecule has 1 aromatic heterocycles. The molecule has 156 valence electrons. The first kappa shape index (κ1) is 21.0. The molecule has 0 atom stereocenters. The topological polar surface area (TPSA) is 79.8 Å². The molecule has 0 unspecified atom stereocenters. The number of amides is 1. The number of halogens is 3. The van der Waals surface area contributed by atoms with Crippen LogP contribution >= 0.6 is 0 Å². The molecule has 0 aliphatic carbocycles. The smallest absolute Gasteiger partial charge is 0.379 e. The van der Waals surface area contributed by atoms with Crippen LogP contribution in [-0.2, 0) is 14.6 Å². The summed E-state index contributed by atoms with van der Waals surface area (Å²) in [6.07, 6.45) is 2.36. The molecular formula is C17H22F3N3O4S. The zero-order valence-corrected chi connectivity index (χ0v) is 16.0. The zero-order valence-electron chi connectivity index (χ0n) is 15.2. The summed E-state index contributed by atoms with van der Waals surface area (Å²) < 4.78 is 67.6. The fraction of sp³-hybridized carbons (Fsp3) is 0.647. The summed E-state index contributed by atoms with van der Waals surface area (Å²) in [6, 6.07) is 2.33. The van der Waals surface area contributed by atoms with Crippen LogP contribution in [0.4, 0.5) is 13.2 Å². The number of carbonyl (C=O) groups excluding carboxylic acids is 1. The molecule has 0 saturated carbocycles. The molecule has 0 bridgehead atoms. The van der Waals surface area contributed by atoms with Crippen LogP contribution in [0.2, 0.25) is 0 Å². The third-order valence-corrected chi connectivity index (χ3v) is 6.53. The van der Waals surface area contributed by atoms with Gasteiger partial charge < -0.3 is 9.64 Å². The fourth-order valence-electron chi connectivity index (χ4n) is 3.52. The molecule has 2 saturated heterocycles. The number of alkyl halides is 3. The SMILES string of the molecule is O=C(c1cccnc1S(=O)(=O)C(F)(F)F)N1CCC(CN2CCOCC2)CC1. The van der Waals surface area contributed by atoms with Crippen LogP contribution in [0.25, 0.3) is 0 Å². The number of aromatic nitrogens is 1. The number of pyridine rings is 1. The molecule has 0 radical (unpaired) electrons. The summed E-state index contributed by atoms with van der Waals surface area (Å²) >= 11 is 0. The number of ether oxygens (including phenoxy) is 1. The molecule has 0 N–H and O–H groups in total. The fourth-order valence-corrected chi connectivity index (χ4v) is 4.38. The summed E-state index contributed by atoms with van der Waals surface area (Å²) in [5.41, 5.74) is -6.05. The maximum Gasteiger partial charge on any atom is 0.503 e. The Bertz CT molecular complexity index is 802. The van der Waals surface area contributed by atoms with E-state index in [2.05, 4.69) is 9.88 Å². The van der Waals surface area contributed by atoms with Crippen molar-refractivity contribution in [2.24, 2.45) is 5.92 Å². The van der Waals surface area contributed by atoms with Gasteiger partial charge in [0.25, 0.3) is 15.7 Å². The van der Waals surface area contributed by atoms with Crippen molar-refractivity contribution < 1.29 is 31.1 Å². The van der Waals surface area contributed by atoms with Gasteiger partial charge in [-0.15, -0.1) is 0 Å². The van der Waals surface area contributed by atoms with E-state index in [1.54, 1.807) is 0 Å². The first-order chi connectivity index (χ1) is 13.2. The minimum Gasteiger partial charge on any atom is -0.379 e. The van der Waals surface area contributed by atoms with Crippen LogP contribution in [0.1, 0.15) is 23.2 Å². The molecule has 1 aromatic rings. The second kappa shape index (κ2) is 8.34. The Morgan fingerprint density at radius 2 is 1.82 bits per heavy atom. The summed E-state index contributed by atoms with van der Waals surface area (Å²) in [5, 5.41) is -1.23. The molecule has 3 heterocycles. The lowest BCUT2D eigenvalue weighted by Crippen LogP contribution is -2.44. The standard InChI is InChI=1S/C17H22F3N3O4S/c18-17(19,20)28(25,26)15-14(2-1-5-21-15)16(24)23-6-3-13(4-7-23)12-22-8-10-27-11-9-22/h1-2,5,13H,3-4,6-12H2. The van der Waals surface area contributed by atoms with E-state index >= 15 is 0 Å². The molecule has 11 heteroatoms. The second-order valence-electron chi connectivity index (χ2n) is 6.95. The van der Waals surface area contributed by atoms with E-state index in [0.29, 0.717) is 45.1 Å². The summed E-state index contributed by atoms with van der Waals surface area (Å²) in [5.74, 6) is -0.352. The van der Waals surface area contributed by atoms with Gasteiger partial charge in [0.1, 0.15) is 0 Å². The van der Waals surface area contributed by atoms with Gasteiger partial charge in [-0.1, -0.05) is 0 Å². The quantitative estimate of drug-likeness (QED) is 0.734. The van der Waals surface area contributed by atoms with Gasteiger partial charge in [0.05, 0.1) is 18.8 Å². The number of carbonyl (C=O) groups is 1. The largest absolute Gasteiger partial charge is 0.503 e. The van der Waals surface area contributed by atoms with Gasteiger partial charge in [0.15, 0.2) is 5.03 Å². The Morgan fingerprint density at radius 3 is 2.43 bits per heavy atom. The van der Waals surface area contributed by atoms with Gasteiger partial charge in [-0.2, -0.15) is 13.2 Å². The van der Waals surface area contributed by atoms with Crippen molar-refractivity contribution in [3.63, 3.8) is 0 Å². The van der Waals surface area contributed by atoms with Crippen LogP contribution in [0.15, 0.2) is 23.4 Å². The highest BCUT2D eigenvalue weighted by Gasteiger charge is 2.49. The Kier molecular flexibility index (Phi) is 6.25. The molecule has 3 rings (SSSR count). The molecule has 1 amide bonds. The van der Waals surface area contributed by atoms with Gasteiger partial charge in [-0.25, -0.2) is 13.4 Å². The first-order valence-electron chi connectivity index (χ1n) is 9.06. The molecule has 2 aliphatic heterocycles. The Hall–Kier alpha value is -1.72. The summed E-state index contributed by atoms with van der Waals surface area (Å²) in [6.45, 7) is 4.78. The van der Waals surface area contributed by atoms with Gasteiger partial charge in [0.2, 0.25) is 0 Å². The number of sulfone groups is 1. The van der Waals surface area contributed by atoms with Crippen molar-refractivity contribution in [3.05, 3.63) is 23.9 Å². The maximum atomic E-state index is 12.9. The van der Waals surface area contributed by atoms with Crippen molar-refractivity contribution in [1.29, 1.82) is 0 Å². The minimum absolute atomic E-state index is 0.369. The highest BCUT2D eigenvalue weighted by atomic mass is 32.2. The van der Waals surface area contributed by atoms with Crippen molar-refractivity contribution in [2.45, 2.75) is 23.4 Å². The number of hydrogen-bond donors (Lipinski definition) is 0. The monoisotopic (exact) mass is 421 g/mol. The average Bonchev–Trinajstić information content (AvgIpc) is 2.68. The zero-order chi connectivity index (χ0) is 20.4. The molecule has 2 aliphatic rings. The Balaban J connectivity index is 1.67. The van der Waals surface area contributed by atoms with E-state index in [4.69, 9.17) is 4.74 Å². The normalized spacial score (nSPS) is 20.3. The number of piperidine rings is 1. The van der Waals surface area contributed by atoms with Crippen molar-refractivity contribution in [1.82, 2.24) is 14.8 Å². The van der Waals surface area contributed by atoms with E-state index in [-0.39, 0.29) is 0 Å². The van der Waals surface area contributed by atoms with Crippen LogP contribution in [0.5, 0.6) is 0 Å². The second-order valence-corrected chi connectivity index (χ2v) is 8.81. The molecule has 28 heavy (non-hydrogen) atoms. The van der Waals surface area contributed by atoms with Crippen LogP contribution in [0.3, 0.4) is 0 Å². The van der Waals surface area contributed by atoms with E-state index in [0.717, 1.165) is 31.9 Å². The van der Waals surface area contributed by atoms with Gasteiger partial charge in [0, 0.05) is 38.9 Å². The molecule has 7 nitrogen and oxygen atoms in total. The lowest BCUT2D eigenvalue weighted by atomic mass is 9.95. The minimum atomic E-state index is -5.70. The van der Waals surface area contributed by atoms with Crippen LogP contribution in [-0.4, -0.2) is 80.6 Å². The van der Waals surface area contributed by atoms with E-state index in [1.807, 2.05) is 0 Å². The molecular weight excluding hydrogens is 399 g/mol. The maximum absolute atomic E-state index is 12.9. The average molecular weight is 421 g/mol. The Labute approximate surface area is 161 Å². The number of hydrogen-bond acceptors (Lipinski definition) is 6. The predicted octanol–water partition coefficient (Wildman–Crippen LogP) is 1.56. The summed E-state index contributed by atoms with van der Waals surface area (Å²) in [4.78, 5) is 19.8. The van der Waals surface area contributed by atoms with E-state index in [1.165, 1.54) is 11.0 Å².